The Kier molecular flexibility index (Phi) is 4.47. The molecule has 0 heterocycles. The molecule has 0 aromatic heterocycles. The van der Waals surface area contributed by atoms with Gasteiger partial charge in [-0.2, -0.15) is 0 Å². The zero-order chi connectivity index (χ0) is 9.52. The second-order valence-electron chi connectivity index (χ2n) is 3.20. The second kappa shape index (κ2) is 5.70. The summed E-state index contributed by atoms with van der Waals surface area (Å²) in [5.41, 5.74) is 7.41. The molecule has 0 bridgehead atoms. The van der Waals surface area contributed by atoms with Crippen molar-refractivity contribution in [2.45, 2.75) is 25.9 Å². The SMILES string of the molecule is NCCCCc1ccc(CF)cc1. The van der Waals surface area contributed by atoms with Crippen molar-refractivity contribution in [3.8, 4) is 0 Å². The molecular weight excluding hydrogens is 165 g/mol. The van der Waals surface area contributed by atoms with Crippen LogP contribution in [-0.2, 0) is 13.1 Å². The van der Waals surface area contributed by atoms with Crippen molar-refractivity contribution in [2.75, 3.05) is 6.54 Å². The standard InChI is InChI=1S/C11H16FN/c12-9-11-6-4-10(5-7-11)3-1-2-8-13/h4-7H,1-3,8-9,13H2. The van der Waals surface area contributed by atoms with Crippen molar-refractivity contribution >= 4 is 0 Å². The molecule has 0 fully saturated rings. The van der Waals surface area contributed by atoms with E-state index in [4.69, 9.17) is 5.73 Å². The minimum Gasteiger partial charge on any atom is -0.330 e. The van der Waals surface area contributed by atoms with E-state index in [1.54, 1.807) is 0 Å². The Labute approximate surface area is 78.8 Å². The topological polar surface area (TPSA) is 26.0 Å². The van der Waals surface area contributed by atoms with Gasteiger partial charge in [-0.15, -0.1) is 0 Å². The smallest absolute Gasteiger partial charge is 0.115 e. The molecule has 1 nitrogen and oxygen atoms in total. The van der Waals surface area contributed by atoms with Crippen LogP contribution >= 0.6 is 0 Å². The van der Waals surface area contributed by atoms with Crippen LogP contribution in [0.2, 0.25) is 0 Å². The van der Waals surface area contributed by atoms with E-state index in [0.29, 0.717) is 0 Å². The van der Waals surface area contributed by atoms with Gasteiger partial charge in [-0.1, -0.05) is 24.3 Å². The zero-order valence-corrected chi connectivity index (χ0v) is 7.80. The number of unbranched alkanes of at least 4 members (excludes halogenated alkanes) is 1. The van der Waals surface area contributed by atoms with Crippen LogP contribution < -0.4 is 5.73 Å². The molecule has 0 aliphatic carbocycles. The normalized spacial score (nSPS) is 10.3. The van der Waals surface area contributed by atoms with E-state index < -0.39 is 0 Å². The molecule has 0 saturated carbocycles. The molecule has 1 aromatic rings. The summed E-state index contributed by atoms with van der Waals surface area (Å²) in [5, 5.41) is 0. The third kappa shape index (κ3) is 3.55. The number of aryl methyl sites for hydroxylation is 1. The lowest BCUT2D eigenvalue weighted by Crippen LogP contribution is -1.98. The van der Waals surface area contributed by atoms with E-state index in [1.165, 1.54) is 5.56 Å². The molecule has 0 aliphatic rings. The minimum absolute atomic E-state index is 0.372. The molecule has 1 aromatic carbocycles. The highest BCUT2D eigenvalue weighted by atomic mass is 19.1. The summed E-state index contributed by atoms with van der Waals surface area (Å²) in [4.78, 5) is 0. The highest BCUT2D eigenvalue weighted by molar-refractivity contribution is 5.21. The zero-order valence-electron chi connectivity index (χ0n) is 7.80. The Hall–Kier alpha value is -0.890. The number of benzene rings is 1. The minimum atomic E-state index is -0.372. The number of hydrogen-bond acceptors (Lipinski definition) is 1. The van der Waals surface area contributed by atoms with Gasteiger partial charge in [-0.25, -0.2) is 4.39 Å². The molecular formula is C11H16FN. The monoisotopic (exact) mass is 181 g/mol. The Balaban J connectivity index is 2.40. The Morgan fingerprint density at radius 1 is 1.00 bits per heavy atom. The molecule has 1 rings (SSSR count). The molecule has 72 valence electrons. The first-order valence-electron chi connectivity index (χ1n) is 4.70. The average molecular weight is 181 g/mol. The van der Waals surface area contributed by atoms with Crippen molar-refractivity contribution < 1.29 is 4.39 Å². The number of hydrogen-bond donors (Lipinski definition) is 1. The van der Waals surface area contributed by atoms with E-state index in [2.05, 4.69) is 0 Å². The summed E-state index contributed by atoms with van der Waals surface area (Å²) in [6.07, 6.45) is 3.22. The third-order valence-corrected chi connectivity index (χ3v) is 2.10. The van der Waals surface area contributed by atoms with E-state index >= 15 is 0 Å². The number of halogens is 1. The van der Waals surface area contributed by atoms with Crippen LogP contribution in [0, 0.1) is 0 Å². The van der Waals surface area contributed by atoms with Crippen LogP contribution in [0.4, 0.5) is 4.39 Å². The lowest BCUT2D eigenvalue weighted by Gasteiger charge is -2.01. The average Bonchev–Trinajstić information content (AvgIpc) is 2.19. The van der Waals surface area contributed by atoms with Gasteiger partial charge in [0.1, 0.15) is 6.67 Å². The van der Waals surface area contributed by atoms with Gasteiger partial charge in [0.05, 0.1) is 0 Å². The van der Waals surface area contributed by atoms with Gasteiger partial charge < -0.3 is 5.73 Å². The predicted octanol–water partition coefficient (Wildman–Crippen LogP) is 2.44. The van der Waals surface area contributed by atoms with Crippen LogP contribution in [0.15, 0.2) is 24.3 Å². The first-order valence-corrected chi connectivity index (χ1v) is 4.70. The Morgan fingerprint density at radius 2 is 1.62 bits per heavy atom. The van der Waals surface area contributed by atoms with Gasteiger partial charge in [0.2, 0.25) is 0 Å². The Morgan fingerprint density at radius 3 is 2.15 bits per heavy atom. The van der Waals surface area contributed by atoms with Crippen LogP contribution in [0.25, 0.3) is 0 Å². The molecule has 13 heavy (non-hydrogen) atoms. The molecule has 0 spiro atoms. The molecule has 2 N–H and O–H groups in total. The summed E-state index contributed by atoms with van der Waals surface area (Å²) in [7, 11) is 0. The lowest BCUT2D eigenvalue weighted by atomic mass is 10.1. The van der Waals surface area contributed by atoms with E-state index in [0.717, 1.165) is 31.4 Å². The summed E-state index contributed by atoms with van der Waals surface area (Å²) < 4.78 is 12.1. The number of alkyl halides is 1. The first-order chi connectivity index (χ1) is 6.36. The largest absolute Gasteiger partial charge is 0.330 e. The van der Waals surface area contributed by atoms with E-state index in [-0.39, 0.29) is 6.67 Å². The molecule has 0 aliphatic heterocycles. The van der Waals surface area contributed by atoms with Gasteiger partial charge in [0.25, 0.3) is 0 Å². The van der Waals surface area contributed by atoms with Crippen LogP contribution in [0.1, 0.15) is 24.0 Å². The highest BCUT2D eigenvalue weighted by Crippen LogP contribution is 2.08. The van der Waals surface area contributed by atoms with E-state index in [9.17, 15) is 4.39 Å². The summed E-state index contributed by atoms with van der Waals surface area (Å²) >= 11 is 0. The second-order valence-corrected chi connectivity index (χ2v) is 3.20. The molecule has 0 saturated heterocycles. The maximum Gasteiger partial charge on any atom is 0.115 e. The fourth-order valence-electron chi connectivity index (χ4n) is 1.27. The summed E-state index contributed by atoms with van der Waals surface area (Å²) in [6.45, 7) is 0.381. The number of nitrogens with two attached hydrogens (primary N) is 1. The van der Waals surface area contributed by atoms with Gasteiger partial charge in [-0.05, 0) is 36.9 Å². The van der Waals surface area contributed by atoms with Gasteiger partial charge in [-0.3, -0.25) is 0 Å². The maximum atomic E-state index is 12.1. The molecule has 0 amide bonds. The van der Waals surface area contributed by atoms with Crippen molar-refractivity contribution in [3.05, 3.63) is 35.4 Å². The van der Waals surface area contributed by atoms with Gasteiger partial charge in [0, 0.05) is 0 Å². The molecule has 0 radical (unpaired) electrons. The quantitative estimate of drug-likeness (QED) is 0.694. The van der Waals surface area contributed by atoms with Crippen LogP contribution in [0.5, 0.6) is 0 Å². The maximum absolute atomic E-state index is 12.1. The Bertz CT molecular complexity index is 230. The van der Waals surface area contributed by atoms with Crippen molar-refractivity contribution in [2.24, 2.45) is 5.73 Å². The third-order valence-electron chi connectivity index (χ3n) is 2.10. The number of rotatable bonds is 5. The molecule has 0 atom stereocenters. The highest BCUT2D eigenvalue weighted by Gasteiger charge is 1.94. The van der Waals surface area contributed by atoms with Crippen molar-refractivity contribution in [3.63, 3.8) is 0 Å². The van der Waals surface area contributed by atoms with Crippen molar-refractivity contribution in [1.29, 1.82) is 0 Å². The molecule has 0 unspecified atom stereocenters. The van der Waals surface area contributed by atoms with Gasteiger partial charge in [0.15, 0.2) is 0 Å². The fraction of sp³-hybridized carbons (Fsp3) is 0.455. The van der Waals surface area contributed by atoms with Crippen LogP contribution in [0.3, 0.4) is 0 Å². The fourth-order valence-corrected chi connectivity index (χ4v) is 1.27. The van der Waals surface area contributed by atoms with Gasteiger partial charge >= 0.3 is 0 Å². The summed E-state index contributed by atoms with van der Waals surface area (Å²) in [5.74, 6) is 0. The van der Waals surface area contributed by atoms with Crippen molar-refractivity contribution in [1.82, 2.24) is 0 Å². The molecule has 2 heteroatoms. The lowest BCUT2D eigenvalue weighted by molar-refractivity contribution is 0.485. The first kappa shape index (κ1) is 10.2. The van der Waals surface area contributed by atoms with E-state index in [1.807, 2.05) is 24.3 Å². The van der Waals surface area contributed by atoms with Crippen LogP contribution in [-0.4, -0.2) is 6.54 Å². The predicted molar refractivity (Wildman–Crippen MR) is 53.2 cm³/mol. The summed E-state index contributed by atoms with van der Waals surface area (Å²) in [6, 6.07) is 7.67.